The van der Waals surface area contributed by atoms with E-state index < -0.39 is 23.5 Å². The Bertz CT molecular complexity index is 804. The zero-order chi connectivity index (χ0) is 18.1. The van der Waals surface area contributed by atoms with Crippen LogP contribution < -0.4 is 0 Å². The Kier molecular flexibility index (Phi) is 3.27. The van der Waals surface area contributed by atoms with Gasteiger partial charge in [0.15, 0.2) is 0 Å². The standard InChI is InChI=1S/C18H20N4O4/c1-10-4-20-11(5-19-10)6-22-9-18-3-2-13(26-18)14(15(18)17(22)25)16(24)21-7-12(23)8-21/h2-5,12-15,23H,6-9H2,1H3/t13-,14?,15?,18-/m0/s1. The molecule has 1 aromatic rings. The van der Waals surface area contributed by atoms with E-state index in [1.807, 2.05) is 19.1 Å². The molecule has 2 bridgehead atoms. The highest BCUT2D eigenvalue weighted by Gasteiger charge is 2.67. The SMILES string of the molecule is Cc1cnc(CN2C[C@]34C=C[C@H](O3)C(C(=O)N3CC(O)C3)C4C2=O)cn1. The van der Waals surface area contributed by atoms with Gasteiger partial charge < -0.3 is 19.6 Å². The fourth-order valence-electron chi connectivity index (χ4n) is 4.54. The lowest BCUT2D eigenvalue weighted by atomic mass is 9.76. The quantitative estimate of drug-likeness (QED) is 0.718. The Morgan fingerprint density at radius 2 is 2.19 bits per heavy atom. The number of likely N-dealkylation sites (tertiary alicyclic amines) is 2. The fraction of sp³-hybridized carbons (Fsp3) is 0.556. The minimum Gasteiger partial charge on any atom is -0.389 e. The summed E-state index contributed by atoms with van der Waals surface area (Å²) in [5.41, 5.74) is 0.820. The number of aliphatic hydroxyl groups excluding tert-OH is 1. The molecule has 136 valence electrons. The monoisotopic (exact) mass is 356 g/mol. The average molecular weight is 356 g/mol. The number of hydrogen-bond acceptors (Lipinski definition) is 6. The number of fused-ring (bicyclic) bond motifs is 1. The van der Waals surface area contributed by atoms with Crippen LogP contribution in [0.3, 0.4) is 0 Å². The van der Waals surface area contributed by atoms with Gasteiger partial charge in [-0.05, 0) is 6.92 Å². The maximum absolute atomic E-state index is 13.1. The lowest BCUT2D eigenvalue weighted by molar-refractivity contribution is -0.151. The van der Waals surface area contributed by atoms with Gasteiger partial charge in [-0.15, -0.1) is 0 Å². The molecular formula is C18H20N4O4. The number of carbonyl (C=O) groups is 2. The minimum absolute atomic E-state index is 0.0707. The van der Waals surface area contributed by atoms with Gasteiger partial charge in [-0.2, -0.15) is 0 Å². The van der Waals surface area contributed by atoms with Crippen LogP contribution in [-0.4, -0.2) is 74.1 Å². The van der Waals surface area contributed by atoms with Gasteiger partial charge in [-0.25, -0.2) is 0 Å². The Morgan fingerprint density at radius 3 is 2.88 bits per heavy atom. The topological polar surface area (TPSA) is 95.9 Å². The Morgan fingerprint density at radius 1 is 1.38 bits per heavy atom. The molecule has 4 atom stereocenters. The molecule has 0 radical (unpaired) electrons. The molecule has 0 aliphatic carbocycles. The van der Waals surface area contributed by atoms with E-state index in [0.29, 0.717) is 31.9 Å². The van der Waals surface area contributed by atoms with Gasteiger partial charge >= 0.3 is 0 Å². The van der Waals surface area contributed by atoms with E-state index in [1.165, 1.54) is 0 Å². The smallest absolute Gasteiger partial charge is 0.230 e. The van der Waals surface area contributed by atoms with E-state index in [1.54, 1.807) is 22.2 Å². The van der Waals surface area contributed by atoms with Crippen molar-refractivity contribution in [1.29, 1.82) is 0 Å². The van der Waals surface area contributed by atoms with Crippen molar-refractivity contribution in [2.24, 2.45) is 11.8 Å². The first kappa shape index (κ1) is 15.9. The predicted molar refractivity (Wildman–Crippen MR) is 88.5 cm³/mol. The lowest BCUT2D eigenvalue weighted by Gasteiger charge is -2.39. The van der Waals surface area contributed by atoms with E-state index >= 15 is 0 Å². The summed E-state index contributed by atoms with van der Waals surface area (Å²) in [4.78, 5) is 37.8. The van der Waals surface area contributed by atoms with Crippen molar-refractivity contribution in [1.82, 2.24) is 19.8 Å². The van der Waals surface area contributed by atoms with Crippen LogP contribution in [0.5, 0.6) is 0 Å². The molecule has 8 nitrogen and oxygen atoms in total. The zero-order valence-electron chi connectivity index (χ0n) is 14.4. The molecule has 4 aliphatic rings. The first-order valence-electron chi connectivity index (χ1n) is 8.87. The number of amides is 2. The number of nitrogens with zero attached hydrogens (tertiary/aromatic N) is 4. The minimum atomic E-state index is -0.719. The molecule has 3 fully saturated rings. The summed E-state index contributed by atoms with van der Waals surface area (Å²) in [6, 6.07) is 0. The molecule has 5 heterocycles. The van der Waals surface area contributed by atoms with Crippen molar-refractivity contribution >= 4 is 11.8 Å². The molecular weight excluding hydrogens is 336 g/mol. The Hall–Kier alpha value is -2.32. The van der Waals surface area contributed by atoms with E-state index in [-0.39, 0.29) is 17.9 Å². The normalized spacial score (nSPS) is 35.2. The van der Waals surface area contributed by atoms with Crippen molar-refractivity contribution < 1.29 is 19.4 Å². The zero-order valence-corrected chi connectivity index (χ0v) is 14.4. The molecule has 0 aromatic carbocycles. The van der Waals surface area contributed by atoms with Crippen LogP contribution in [0.25, 0.3) is 0 Å². The van der Waals surface area contributed by atoms with E-state index in [2.05, 4.69) is 9.97 Å². The van der Waals surface area contributed by atoms with Gasteiger partial charge in [0.25, 0.3) is 0 Å². The number of aromatic nitrogens is 2. The summed E-state index contributed by atoms with van der Waals surface area (Å²) in [5, 5.41) is 9.48. The summed E-state index contributed by atoms with van der Waals surface area (Å²) in [7, 11) is 0. The van der Waals surface area contributed by atoms with Crippen LogP contribution in [0.15, 0.2) is 24.5 Å². The average Bonchev–Trinajstić information content (AvgIpc) is 3.22. The van der Waals surface area contributed by atoms with E-state index in [9.17, 15) is 14.7 Å². The van der Waals surface area contributed by atoms with Gasteiger partial charge in [-0.1, -0.05) is 12.2 Å². The second-order valence-corrected chi connectivity index (χ2v) is 7.64. The molecule has 3 saturated heterocycles. The van der Waals surface area contributed by atoms with Crippen molar-refractivity contribution in [3.8, 4) is 0 Å². The summed E-state index contributed by atoms with van der Waals surface area (Å²) in [5.74, 6) is -1.17. The third-order valence-corrected chi connectivity index (χ3v) is 5.83. The number of hydrogen-bond donors (Lipinski definition) is 1. The molecule has 4 aliphatic heterocycles. The van der Waals surface area contributed by atoms with Crippen molar-refractivity contribution in [3.05, 3.63) is 35.9 Å². The molecule has 2 unspecified atom stereocenters. The molecule has 2 amide bonds. The third kappa shape index (κ3) is 2.15. The second-order valence-electron chi connectivity index (χ2n) is 7.64. The van der Waals surface area contributed by atoms with E-state index in [0.717, 1.165) is 5.69 Å². The van der Waals surface area contributed by atoms with Crippen LogP contribution in [0.1, 0.15) is 11.4 Å². The van der Waals surface area contributed by atoms with Crippen molar-refractivity contribution in [3.63, 3.8) is 0 Å². The van der Waals surface area contributed by atoms with Gasteiger partial charge in [0.2, 0.25) is 11.8 Å². The summed E-state index contributed by atoms with van der Waals surface area (Å²) >= 11 is 0. The van der Waals surface area contributed by atoms with Crippen LogP contribution in [-0.2, 0) is 20.9 Å². The van der Waals surface area contributed by atoms with Crippen LogP contribution in [0.2, 0.25) is 0 Å². The van der Waals surface area contributed by atoms with Gasteiger partial charge in [-0.3, -0.25) is 19.6 Å². The van der Waals surface area contributed by atoms with Crippen molar-refractivity contribution in [2.45, 2.75) is 31.3 Å². The largest absolute Gasteiger partial charge is 0.389 e. The maximum atomic E-state index is 13.1. The van der Waals surface area contributed by atoms with Gasteiger partial charge in [0.1, 0.15) is 5.60 Å². The molecule has 1 spiro atoms. The Labute approximate surface area is 150 Å². The van der Waals surface area contributed by atoms with Crippen LogP contribution in [0, 0.1) is 18.8 Å². The molecule has 1 N–H and O–H groups in total. The second kappa shape index (κ2) is 5.34. The highest BCUT2D eigenvalue weighted by molar-refractivity contribution is 5.93. The van der Waals surface area contributed by atoms with Gasteiger partial charge in [0.05, 0.1) is 54.7 Å². The first-order chi connectivity index (χ1) is 12.5. The highest BCUT2D eigenvalue weighted by Crippen LogP contribution is 2.52. The molecule has 1 aromatic heterocycles. The number of rotatable bonds is 3. The molecule has 0 saturated carbocycles. The summed E-state index contributed by atoms with van der Waals surface area (Å²) < 4.78 is 6.10. The van der Waals surface area contributed by atoms with Crippen LogP contribution >= 0.6 is 0 Å². The molecule has 26 heavy (non-hydrogen) atoms. The Balaban J connectivity index is 1.38. The van der Waals surface area contributed by atoms with Crippen molar-refractivity contribution in [2.75, 3.05) is 19.6 Å². The number of carbonyl (C=O) groups excluding carboxylic acids is 2. The number of β-amino-alcohol motifs (C(OH)–C–C–N with tert-alkyl or cyclic N) is 1. The number of ether oxygens (including phenoxy) is 1. The van der Waals surface area contributed by atoms with Gasteiger partial charge in [0, 0.05) is 19.3 Å². The fourth-order valence-corrected chi connectivity index (χ4v) is 4.54. The van der Waals surface area contributed by atoms with E-state index in [4.69, 9.17) is 4.74 Å². The summed E-state index contributed by atoms with van der Waals surface area (Å²) in [6.45, 7) is 3.31. The lowest BCUT2D eigenvalue weighted by Crippen LogP contribution is -2.57. The maximum Gasteiger partial charge on any atom is 0.230 e. The molecule has 8 heteroatoms. The predicted octanol–water partition coefficient (Wildman–Crippen LogP) is -0.730. The third-order valence-electron chi connectivity index (χ3n) is 5.83. The highest BCUT2D eigenvalue weighted by atomic mass is 16.5. The molecule has 5 rings (SSSR count). The number of aliphatic hydroxyl groups is 1. The van der Waals surface area contributed by atoms with Crippen LogP contribution in [0.4, 0.5) is 0 Å². The number of aryl methyl sites for hydroxylation is 1. The first-order valence-corrected chi connectivity index (χ1v) is 8.87. The summed E-state index contributed by atoms with van der Waals surface area (Å²) in [6.07, 6.45) is 6.38.